The quantitative estimate of drug-likeness (QED) is 0.821. The highest BCUT2D eigenvalue weighted by atomic mass is 79.9. The number of nitrogens with one attached hydrogen (secondary N) is 1. The van der Waals surface area contributed by atoms with Crippen molar-refractivity contribution < 1.29 is 8.42 Å². The molecule has 1 atom stereocenters. The van der Waals surface area contributed by atoms with Crippen LogP contribution in [0.15, 0.2) is 21.7 Å². The molecule has 0 saturated heterocycles. The Labute approximate surface area is 103 Å². The number of sulfonamides is 1. The lowest BCUT2D eigenvalue weighted by atomic mass is 10.2. The van der Waals surface area contributed by atoms with Crippen LogP contribution in [0.3, 0.4) is 0 Å². The fourth-order valence-electron chi connectivity index (χ4n) is 1.10. The third-order valence-electron chi connectivity index (χ3n) is 1.86. The Kier molecular flexibility index (Phi) is 5.25. The molecule has 1 aromatic rings. The predicted molar refractivity (Wildman–Crippen MR) is 67.1 cm³/mol. The van der Waals surface area contributed by atoms with Gasteiger partial charge >= 0.3 is 0 Å². The van der Waals surface area contributed by atoms with Crippen LogP contribution >= 0.6 is 27.3 Å². The summed E-state index contributed by atoms with van der Waals surface area (Å²) in [6, 6.07) is 3.34. The smallest absolute Gasteiger partial charge is 0.209 e. The first-order valence-electron chi connectivity index (χ1n) is 4.73. The third kappa shape index (κ3) is 4.22. The van der Waals surface area contributed by atoms with E-state index in [1.807, 2.05) is 0 Å². The van der Waals surface area contributed by atoms with Gasteiger partial charge < -0.3 is 0 Å². The van der Waals surface area contributed by atoms with Gasteiger partial charge in [0.15, 0.2) is 0 Å². The molecule has 1 unspecified atom stereocenters. The van der Waals surface area contributed by atoms with Crippen LogP contribution in [0.4, 0.5) is 0 Å². The van der Waals surface area contributed by atoms with Crippen LogP contribution in [-0.2, 0) is 10.0 Å². The normalized spacial score (nSPS) is 14.0. The van der Waals surface area contributed by atoms with Gasteiger partial charge in [-0.05, 0) is 17.9 Å². The number of rotatable bonds is 6. The first-order chi connectivity index (χ1) is 7.06. The van der Waals surface area contributed by atoms with Gasteiger partial charge in [0.05, 0.1) is 0 Å². The minimum Gasteiger partial charge on any atom is -0.209 e. The molecular formula is C9H14BrNO2S2. The van der Waals surface area contributed by atoms with Gasteiger partial charge in [0.1, 0.15) is 4.21 Å². The fourth-order valence-corrected chi connectivity index (χ4v) is 4.06. The maximum Gasteiger partial charge on any atom is 0.250 e. The topological polar surface area (TPSA) is 46.2 Å². The van der Waals surface area contributed by atoms with Gasteiger partial charge in [0.25, 0.3) is 0 Å². The molecule has 3 nitrogen and oxygen atoms in total. The molecule has 0 fully saturated rings. The molecule has 0 saturated carbocycles. The Bertz CT molecular complexity index is 375. The molecule has 0 spiro atoms. The maximum absolute atomic E-state index is 11.7. The van der Waals surface area contributed by atoms with E-state index in [9.17, 15) is 8.42 Å². The molecule has 0 aliphatic rings. The Morgan fingerprint density at radius 2 is 2.33 bits per heavy atom. The van der Waals surface area contributed by atoms with Crippen molar-refractivity contribution in [2.24, 2.45) is 0 Å². The van der Waals surface area contributed by atoms with E-state index < -0.39 is 10.0 Å². The average molecular weight is 312 g/mol. The van der Waals surface area contributed by atoms with E-state index in [4.69, 9.17) is 0 Å². The lowest BCUT2D eigenvalue weighted by molar-refractivity contribution is 0.580. The average Bonchev–Trinajstić information content (AvgIpc) is 2.69. The minimum absolute atomic E-state index is 0.206. The summed E-state index contributed by atoms with van der Waals surface area (Å²) < 4.78 is 26.3. The Morgan fingerprint density at radius 1 is 1.60 bits per heavy atom. The van der Waals surface area contributed by atoms with Crippen LogP contribution in [0.2, 0.25) is 0 Å². The van der Waals surface area contributed by atoms with Crippen molar-refractivity contribution in [3.05, 3.63) is 17.5 Å². The molecule has 0 aliphatic carbocycles. The first-order valence-corrected chi connectivity index (χ1v) is 8.01. The molecule has 1 N–H and O–H groups in total. The number of halogens is 1. The second-order valence-corrected chi connectivity index (χ2v) is 7.41. The zero-order valence-corrected chi connectivity index (χ0v) is 11.7. The predicted octanol–water partition coefficient (Wildman–Crippen LogP) is 2.59. The van der Waals surface area contributed by atoms with Crippen molar-refractivity contribution in [2.45, 2.75) is 28.8 Å². The summed E-state index contributed by atoms with van der Waals surface area (Å²) >= 11 is 4.66. The zero-order chi connectivity index (χ0) is 11.3. The summed E-state index contributed by atoms with van der Waals surface area (Å²) in [6.07, 6.45) is 2.00. The number of hydrogen-bond acceptors (Lipinski definition) is 3. The molecule has 0 bridgehead atoms. The molecule has 0 radical (unpaired) electrons. The second-order valence-electron chi connectivity index (χ2n) is 3.17. The van der Waals surface area contributed by atoms with Crippen molar-refractivity contribution >= 4 is 37.3 Å². The summed E-state index contributed by atoms with van der Waals surface area (Å²) in [5.74, 6) is 0. The molecule has 15 heavy (non-hydrogen) atoms. The largest absolute Gasteiger partial charge is 0.250 e. The van der Waals surface area contributed by atoms with Gasteiger partial charge in [0, 0.05) is 11.4 Å². The maximum atomic E-state index is 11.7. The molecule has 0 aliphatic heterocycles. The highest BCUT2D eigenvalue weighted by Gasteiger charge is 2.15. The molecule has 6 heteroatoms. The number of hydrogen-bond donors (Lipinski definition) is 1. The fraction of sp³-hybridized carbons (Fsp3) is 0.556. The van der Waals surface area contributed by atoms with Crippen LogP contribution in [0.5, 0.6) is 0 Å². The van der Waals surface area contributed by atoms with Gasteiger partial charge in [-0.1, -0.05) is 35.3 Å². The lowest BCUT2D eigenvalue weighted by Crippen LogP contribution is -2.29. The zero-order valence-electron chi connectivity index (χ0n) is 8.44. The molecule has 0 amide bonds. The summed E-state index contributed by atoms with van der Waals surface area (Å²) in [4.78, 5) is 0.206. The van der Waals surface area contributed by atoms with Crippen molar-refractivity contribution in [1.29, 1.82) is 0 Å². The number of thiophene rings is 1. The SMILES string of the molecule is CCCC(Br)CNS(=O)(=O)c1cccs1. The Balaban J connectivity index is 2.52. The molecule has 1 aromatic heterocycles. The van der Waals surface area contributed by atoms with E-state index >= 15 is 0 Å². The first kappa shape index (κ1) is 13.2. The summed E-state index contributed by atoms with van der Waals surface area (Å²) in [6.45, 7) is 2.51. The van der Waals surface area contributed by atoms with Crippen LogP contribution in [0.1, 0.15) is 19.8 Å². The number of alkyl halides is 1. The minimum atomic E-state index is -3.29. The van der Waals surface area contributed by atoms with E-state index in [-0.39, 0.29) is 4.83 Å². The van der Waals surface area contributed by atoms with E-state index in [0.717, 1.165) is 12.8 Å². The molecule has 86 valence electrons. The second kappa shape index (κ2) is 5.98. The van der Waals surface area contributed by atoms with Gasteiger partial charge in [0.2, 0.25) is 10.0 Å². The Hall–Kier alpha value is 0.0900. The highest BCUT2D eigenvalue weighted by Crippen LogP contribution is 2.16. The van der Waals surface area contributed by atoms with Gasteiger partial charge in [-0.3, -0.25) is 0 Å². The lowest BCUT2D eigenvalue weighted by Gasteiger charge is -2.09. The standard InChI is InChI=1S/C9H14BrNO2S2/c1-2-4-8(10)7-11-15(12,13)9-5-3-6-14-9/h3,5-6,8,11H,2,4,7H2,1H3. The van der Waals surface area contributed by atoms with Crippen LogP contribution in [0, 0.1) is 0 Å². The van der Waals surface area contributed by atoms with E-state index in [1.165, 1.54) is 11.3 Å². The van der Waals surface area contributed by atoms with Gasteiger partial charge in [-0.15, -0.1) is 11.3 Å². The van der Waals surface area contributed by atoms with Crippen LogP contribution < -0.4 is 4.72 Å². The summed E-state index contributed by atoms with van der Waals surface area (Å²) in [5, 5.41) is 1.76. The molecule has 1 heterocycles. The van der Waals surface area contributed by atoms with Gasteiger partial charge in [-0.2, -0.15) is 0 Å². The van der Waals surface area contributed by atoms with E-state index in [0.29, 0.717) is 10.8 Å². The van der Waals surface area contributed by atoms with Crippen molar-refractivity contribution in [3.8, 4) is 0 Å². The molecular weight excluding hydrogens is 298 g/mol. The molecule has 0 aromatic carbocycles. The van der Waals surface area contributed by atoms with Crippen LogP contribution in [-0.4, -0.2) is 19.8 Å². The monoisotopic (exact) mass is 311 g/mol. The third-order valence-corrected chi connectivity index (χ3v) is 5.46. The van der Waals surface area contributed by atoms with E-state index in [1.54, 1.807) is 17.5 Å². The van der Waals surface area contributed by atoms with Crippen molar-refractivity contribution in [2.75, 3.05) is 6.54 Å². The van der Waals surface area contributed by atoms with Crippen LogP contribution in [0.25, 0.3) is 0 Å². The Morgan fingerprint density at radius 3 is 2.87 bits per heavy atom. The van der Waals surface area contributed by atoms with Crippen molar-refractivity contribution in [3.63, 3.8) is 0 Å². The van der Waals surface area contributed by atoms with E-state index in [2.05, 4.69) is 27.6 Å². The highest BCUT2D eigenvalue weighted by molar-refractivity contribution is 9.09. The van der Waals surface area contributed by atoms with Gasteiger partial charge in [-0.25, -0.2) is 13.1 Å². The summed E-state index contributed by atoms with van der Waals surface area (Å²) in [5.41, 5.74) is 0. The molecule has 1 rings (SSSR count). The summed E-state index contributed by atoms with van der Waals surface area (Å²) in [7, 11) is -3.29. The van der Waals surface area contributed by atoms with Crippen molar-refractivity contribution in [1.82, 2.24) is 4.72 Å².